The van der Waals surface area contributed by atoms with Gasteiger partial charge in [0.2, 0.25) is 15.9 Å². The largest absolute Gasteiger partial charge is 0.476 e. The summed E-state index contributed by atoms with van der Waals surface area (Å²) >= 11 is 0. The number of aromatic nitrogens is 2. The van der Waals surface area contributed by atoms with Crippen LogP contribution in [-0.4, -0.2) is 44.6 Å². The average Bonchev–Trinajstić information content (AvgIpc) is 3.12. The Kier molecular flexibility index (Phi) is 5.96. The molecule has 1 aromatic heterocycles. The van der Waals surface area contributed by atoms with Gasteiger partial charge in [0.05, 0.1) is 4.90 Å². The SMILES string of the molecule is Cc1ccc(S(=O)(=O)NCCOc2cc(N3CCCC3)nc(C)n2)c(C)c1. The van der Waals surface area contributed by atoms with E-state index in [1.165, 1.54) is 12.8 Å². The molecule has 0 bridgehead atoms. The molecule has 1 aliphatic rings. The second kappa shape index (κ2) is 8.22. The smallest absolute Gasteiger partial charge is 0.240 e. The predicted molar refractivity (Wildman–Crippen MR) is 105 cm³/mol. The number of benzene rings is 1. The van der Waals surface area contributed by atoms with E-state index < -0.39 is 10.0 Å². The summed E-state index contributed by atoms with van der Waals surface area (Å²) in [4.78, 5) is 11.3. The van der Waals surface area contributed by atoms with Crippen LogP contribution in [0.4, 0.5) is 5.82 Å². The molecule has 1 N–H and O–H groups in total. The van der Waals surface area contributed by atoms with Gasteiger partial charge >= 0.3 is 0 Å². The number of aryl methyl sites for hydroxylation is 3. The summed E-state index contributed by atoms with van der Waals surface area (Å²) in [6, 6.07) is 7.09. The Bertz CT molecular complexity index is 909. The van der Waals surface area contributed by atoms with E-state index in [2.05, 4.69) is 19.6 Å². The molecule has 7 nitrogen and oxygen atoms in total. The molecule has 0 saturated carbocycles. The Morgan fingerprint density at radius 3 is 2.56 bits per heavy atom. The van der Waals surface area contributed by atoms with Crippen molar-refractivity contribution >= 4 is 15.8 Å². The number of ether oxygens (including phenoxy) is 1. The maximum Gasteiger partial charge on any atom is 0.240 e. The molecule has 0 radical (unpaired) electrons. The number of sulfonamides is 1. The first-order valence-electron chi connectivity index (χ1n) is 9.15. The van der Waals surface area contributed by atoms with E-state index >= 15 is 0 Å². The van der Waals surface area contributed by atoms with E-state index in [0.29, 0.717) is 16.6 Å². The summed E-state index contributed by atoms with van der Waals surface area (Å²) in [6.07, 6.45) is 2.33. The molecule has 0 atom stereocenters. The Labute approximate surface area is 160 Å². The first kappa shape index (κ1) is 19.6. The van der Waals surface area contributed by atoms with Crippen LogP contribution in [0.1, 0.15) is 29.8 Å². The molecule has 0 amide bonds. The highest BCUT2D eigenvalue weighted by atomic mass is 32.2. The highest BCUT2D eigenvalue weighted by Gasteiger charge is 2.17. The highest BCUT2D eigenvalue weighted by Crippen LogP contribution is 2.21. The van der Waals surface area contributed by atoms with Crippen LogP contribution in [0.5, 0.6) is 5.88 Å². The standard InChI is InChI=1S/C19H26N4O3S/c1-14-6-7-17(15(2)12-14)27(24,25)20-8-11-26-19-13-18(21-16(3)22-19)23-9-4-5-10-23/h6-7,12-13,20H,4-5,8-11H2,1-3H3. The fourth-order valence-corrected chi connectivity index (χ4v) is 4.46. The molecule has 0 unspecified atom stereocenters. The van der Waals surface area contributed by atoms with E-state index in [1.54, 1.807) is 19.1 Å². The summed E-state index contributed by atoms with van der Waals surface area (Å²) in [7, 11) is -3.56. The minimum absolute atomic E-state index is 0.164. The number of hydrogen-bond acceptors (Lipinski definition) is 6. The van der Waals surface area contributed by atoms with Crippen molar-refractivity contribution in [2.24, 2.45) is 0 Å². The Morgan fingerprint density at radius 2 is 1.85 bits per heavy atom. The normalized spacial score (nSPS) is 14.6. The molecule has 2 heterocycles. The number of nitrogens with one attached hydrogen (secondary N) is 1. The van der Waals surface area contributed by atoms with Gasteiger partial charge in [0.1, 0.15) is 18.2 Å². The molecule has 27 heavy (non-hydrogen) atoms. The lowest BCUT2D eigenvalue weighted by Gasteiger charge is -2.17. The predicted octanol–water partition coefficient (Wildman–Crippen LogP) is 2.36. The van der Waals surface area contributed by atoms with Crippen molar-refractivity contribution in [2.75, 3.05) is 31.1 Å². The topological polar surface area (TPSA) is 84.4 Å². The van der Waals surface area contributed by atoms with Gasteiger partial charge in [0, 0.05) is 25.7 Å². The Hall–Kier alpha value is -2.19. The Morgan fingerprint density at radius 1 is 1.11 bits per heavy atom. The summed E-state index contributed by atoms with van der Waals surface area (Å²) in [6.45, 7) is 7.90. The van der Waals surface area contributed by atoms with E-state index in [-0.39, 0.29) is 13.2 Å². The van der Waals surface area contributed by atoms with Crippen LogP contribution in [-0.2, 0) is 10.0 Å². The monoisotopic (exact) mass is 390 g/mol. The van der Waals surface area contributed by atoms with Gasteiger partial charge in [-0.25, -0.2) is 18.1 Å². The van der Waals surface area contributed by atoms with Crippen molar-refractivity contribution in [2.45, 2.75) is 38.5 Å². The van der Waals surface area contributed by atoms with Gasteiger partial charge in [-0.05, 0) is 45.2 Å². The third kappa shape index (κ3) is 4.95. The highest BCUT2D eigenvalue weighted by molar-refractivity contribution is 7.89. The van der Waals surface area contributed by atoms with Crippen LogP contribution < -0.4 is 14.4 Å². The van der Waals surface area contributed by atoms with Crippen LogP contribution >= 0.6 is 0 Å². The van der Waals surface area contributed by atoms with Gasteiger partial charge in [-0.15, -0.1) is 0 Å². The van der Waals surface area contributed by atoms with Crippen molar-refractivity contribution in [3.05, 3.63) is 41.2 Å². The Balaban J connectivity index is 1.58. The molecule has 1 aliphatic heterocycles. The molecule has 0 aliphatic carbocycles. The molecular formula is C19H26N4O3S. The van der Waals surface area contributed by atoms with E-state index in [4.69, 9.17) is 4.74 Å². The summed E-state index contributed by atoms with van der Waals surface area (Å²) in [5.41, 5.74) is 1.76. The van der Waals surface area contributed by atoms with E-state index in [0.717, 1.165) is 30.0 Å². The molecule has 1 saturated heterocycles. The third-order valence-electron chi connectivity index (χ3n) is 4.50. The fourth-order valence-electron chi connectivity index (χ4n) is 3.22. The lowest BCUT2D eigenvalue weighted by Crippen LogP contribution is -2.29. The third-order valence-corrected chi connectivity index (χ3v) is 6.12. The molecule has 1 aromatic carbocycles. The van der Waals surface area contributed by atoms with E-state index in [9.17, 15) is 8.42 Å². The molecule has 8 heteroatoms. The van der Waals surface area contributed by atoms with Gasteiger partial charge < -0.3 is 9.64 Å². The van der Waals surface area contributed by atoms with Crippen molar-refractivity contribution in [3.8, 4) is 5.88 Å². The number of nitrogens with zero attached hydrogens (tertiary/aromatic N) is 3. The van der Waals surface area contributed by atoms with Gasteiger partial charge in [-0.2, -0.15) is 4.98 Å². The van der Waals surface area contributed by atoms with Crippen molar-refractivity contribution < 1.29 is 13.2 Å². The van der Waals surface area contributed by atoms with Crippen LogP contribution in [0.25, 0.3) is 0 Å². The second-order valence-corrected chi connectivity index (χ2v) is 8.56. The van der Waals surface area contributed by atoms with Gasteiger partial charge in [-0.1, -0.05) is 17.7 Å². The molecule has 146 valence electrons. The minimum Gasteiger partial charge on any atom is -0.476 e. The fraction of sp³-hybridized carbons (Fsp3) is 0.474. The molecule has 3 rings (SSSR count). The molecule has 0 spiro atoms. The number of anilines is 1. The van der Waals surface area contributed by atoms with Gasteiger partial charge in [-0.3, -0.25) is 0 Å². The zero-order valence-electron chi connectivity index (χ0n) is 16.0. The first-order chi connectivity index (χ1) is 12.8. The maximum atomic E-state index is 12.5. The quantitative estimate of drug-likeness (QED) is 0.731. The zero-order chi connectivity index (χ0) is 19.4. The van der Waals surface area contributed by atoms with Crippen molar-refractivity contribution in [1.29, 1.82) is 0 Å². The van der Waals surface area contributed by atoms with Crippen LogP contribution in [0.2, 0.25) is 0 Å². The molecular weight excluding hydrogens is 364 g/mol. The summed E-state index contributed by atoms with van der Waals surface area (Å²) in [5.74, 6) is 1.98. The molecule has 1 fully saturated rings. The lowest BCUT2D eigenvalue weighted by atomic mass is 10.2. The summed E-state index contributed by atoms with van der Waals surface area (Å²) in [5, 5.41) is 0. The van der Waals surface area contributed by atoms with Crippen molar-refractivity contribution in [1.82, 2.24) is 14.7 Å². The first-order valence-corrected chi connectivity index (χ1v) is 10.6. The number of hydrogen-bond donors (Lipinski definition) is 1. The minimum atomic E-state index is -3.56. The average molecular weight is 391 g/mol. The van der Waals surface area contributed by atoms with Gasteiger partial charge in [0.15, 0.2) is 0 Å². The summed E-state index contributed by atoms with van der Waals surface area (Å²) < 4.78 is 33.2. The van der Waals surface area contributed by atoms with E-state index in [1.807, 2.05) is 26.0 Å². The van der Waals surface area contributed by atoms with Crippen LogP contribution in [0.3, 0.4) is 0 Å². The maximum absolute atomic E-state index is 12.5. The zero-order valence-corrected chi connectivity index (χ0v) is 16.8. The lowest BCUT2D eigenvalue weighted by molar-refractivity contribution is 0.309. The van der Waals surface area contributed by atoms with Gasteiger partial charge in [0.25, 0.3) is 0 Å². The molecule has 2 aromatic rings. The number of rotatable bonds is 7. The second-order valence-electron chi connectivity index (χ2n) is 6.82. The van der Waals surface area contributed by atoms with Crippen LogP contribution in [0.15, 0.2) is 29.2 Å². The van der Waals surface area contributed by atoms with Crippen LogP contribution in [0, 0.1) is 20.8 Å². The van der Waals surface area contributed by atoms with Crippen molar-refractivity contribution in [3.63, 3.8) is 0 Å².